The number of carboxylic acids is 1. The highest BCUT2D eigenvalue weighted by molar-refractivity contribution is 5.84. The van der Waals surface area contributed by atoms with Crippen molar-refractivity contribution in [1.82, 2.24) is 10.3 Å². The predicted octanol–water partition coefficient (Wildman–Crippen LogP) is 2.09. The normalized spacial score (nSPS) is 13.0. The molecule has 0 saturated heterocycles. The van der Waals surface area contributed by atoms with Gasteiger partial charge in [-0.3, -0.25) is 14.9 Å². The van der Waals surface area contributed by atoms with Crippen molar-refractivity contribution in [1.29, 1.82) is 0 Å². The second kappa shape index (κ2) is 6.83. The Morgan fingerprint density at radius 3 is 2.65 bits per heavy atom. The Balaban J connectivity index is 2.02. The van der Waals surface area contributed by atoms with Crippen LogP contribution in [0.3, 0.4) is 0 Å². The van der Waals surface area contributed by atoms with E-state index in [9.17, 15) is 14.7 Å². The summed E-state index contributed by atoms with van der Waals surface area (Å²) in [5.41, 5.74) is 1.26. The van der Waals surface area contributed by atoms with E-state index in [0.717, 1.165) is 16.5 Å². The van der Waals surface area contributed by atoms with Crippen LogP contribution < -0.4 is 5.32 Å². The SMILES string of the molecule is CC(C)(C)OC(=O)CN[C@@H](Cc1c[nH]c2ccccc12)C(=O)O. The number of nitrogens with one attached hydrogen (secondary N) is 2. The molecule has 6 nitrogen and oxygen atoms in total. The number of benzene rings is 1. The summed E-state index contributed by atoms with van der Waals surface area (Å²) in [7, 11) is 0. The maximum atomic E-state index is 11.7. The first kappa shape index (κ1) is 17.0. The Hall–Kier alpha value is -2.34. The minimum absolute atomic E-state index is 0.142. The molecule has 0 aliphatic carbocycles. The molecule has 0 saturated carbocycles. The fourth-order valence-corrected chi connectivity index (χ4v) is 2.35. The minimum atomic E-state index is -1.00. The zero-order chi connectivity index (χ0) is 17.0. The summed E-state index contributed by atoms with van der Waals surface area (Å²) in [5.74, 6) is -1.47. The number of carbonyl (C=O) groups is 2. The summed E-state index contributed by atoms with van der Waals surface area (Å²) in [6.45, 7) is 5.17. The smallest absolute Gasteiger partial charge is 0.321 e. The average molecular weight is 318 g/mol. The monoisotopic (exact) mass is 318 g/mol. The van der Waals surface area contributed by atoms with Gasteiger partial charge in [0.1, 0.15) is 11.6 Å². The Morgan fingerprint density at radius 1 is 1.30 bits per heavy atom. The fourth-order valence-electron chi connectivity index (χ4n) is 2.35. The summed E-state index contributed by atoms with van der Waals surface area (Å²) in [6.07, 6.45) is 2.08. The average Bonchev–Trinajstić information content (AvgIpc) is 2.84. The fraction of sp³-hybridized carbons (Fsp3) is 0.412. The number of fused-ring (bicyclic) bond motifs is 1. The van der Waals surface area contributed by atoms with Crippen molar-refractivity contribution in [2.75, 3.05) is 6.54 Å². The first-order valence-corrected chi connectivity index (χ1v) is 7.49. The highest BCUT2D eigenvalue weighted by Crippen LogP contribution is 2.19. The van der Waals surface area contributed by atoms with Crippen LogP contribution in [0.25, 0.3) is 10.9 Å². The van der Waals surface area contributed by atoms with Crippen molar-refractivity contribution in [2.45, 2.75) is 38.8 Å². The van der Waals surface area contributed by atoms with Crippen molar-refractivity contribution >= 4 is 22.8 Å². The molecular formula is C17H22N2O4. The number of hydrogen-bond donors (Lipinski definition) is 3. The maximum absolute atomic E-state index is 11.7. The van der Waals surface area contributed by atoms with Crippen molar-refractivity contribution in [3.05, 3.63) is 36.0 Å². The van der Waals surface area contributed by atoms with Gasteiger partial charge in [0.05, 0.1) is 6.54 Å². The van der Waals surface area contributed by atoms with E-state index in [0.29, 0.717) is 0 Å². The van der Waals surface area contributed by atoms with Gasteiger partial charge < -0.3 is 14.8 Å². The third-order valence-corrected chi connectivity index (χ3v) is 3.31. The molecule has 3 N–H and O–H groups in total. The highest BCUT2D eigenvalue weighted by atomic mass is 16.6. The number of aromatic amines is 1. The molecule has 124 valence electrons. The number of H-pyrrole nitrogens is 1. The van der Waals surface area contributed by atoms with Crippen LogP contribution in [0.5, 0.6) is 0 Å². The lowest BCUT2D eigenvalue weighted by Crippen LogP contribution is -2.42. The highest BCUT2D eigenvalue weighted by Gasteiger charge is 2.22. The molecule has 0 unspecified atom stereocenters. The molecule has 0 aliphatic heterocycles. The largest absolute Gasteiger partial charge is 0.480 e. The molecule has 23 heavy (non-hydrogen) atoms. The molecule has 2 rings (SSSR count). The Bertz CT molecular complexity index is 700. The molecule has 1 aromatic heterocycles. The standard InChI is InChI=1S/C17H22N2O4/c1-17(2,3)23-15(20)10-19-14(16(21)22)8-11-9-18-13-7-5-4-6-12(11)13/h4-7,9,14,18-19H,8,10H2,1-3H3,(H,21,22)/t14-/m0/s1. The van der Waals surface area contributed by atoms with Crippen molar-refractivity contribution < 1.29 is 19.4 Å². The molecule has 1 heterocycles. The van der Waals surface area contributed by atoms with E-state index >= 15 is 0 Å². The third kappa shape index (κ3) is 4.82. The molecule has 6 heteroatoms. The lowest BCUT2D eigenvalue weighted by atomic mass is 10.1. The number of ether oxygens (including phenoxy) is 1. The van der Waals surface area contributed by atoms with Crippen LogP contribution in [0.2, 0.25) is 0 Å². The number of para-hydroxylation sites is 1. The van der Waals surface area contributed by atoms with Crippen molar-refractivity contribution in [2.24, 2.45) is 0 Å². The van der Waals surface area contributed by atoms with Gasteiger partial charge in [-0.15, -0.1) is 0 Å². The number of carbonyl (C=O) groups excluding carboxylic acids is 1. The molecule has 0 fully saturated rings. The van der Waals surface area contributed by atoms with E-state index in [-0.39, 0.29) is 13.0 Å². The van der Waals surface area contributed by atoms with Crippen LogP contribution in [-0.4, -0.2) is 40.2 Å². The number of carboxylic acid groups (broad SMARTS) is 1. The molecular weight excluding hydrogens is 296 g/mol. The van der Waals surface area contributed by atoms with E-state index < -0.39 is 23.6 Å². The third-order valence-electron chi connectivity index (χ3n) is 3.31. The van der Waals surface area contributed by atoms with Gasteiger partial charge in [0.2, 0.25) is 0 Å². The van der Waals surface area contributed by atoms with E-state index in [1.807, 2.05) is 24.3 Å². The van der Waals surface area contributed by atoms with E-state index in [4.69, 9.17) is 4.74 Å². The van der Waals surface area contributed by atoms with Gasteiger partial charge in [-0.25, -0.2) is 0 Å². The molecule has 0 radical (unpaired) electrons. The van der Waals surface area contributed by atoms with Crippen LogP contribution in [0.1, 0.15) is 26.3 Å². The minimum Gasteiger partial charge on any atom is -0.480 e. The lowest BCUT2D eigenvalue weighted by molar-refractivity contribution is -0.154. The number of aliphatic carboxylic acids is 1. The summed E-state index contributed by atoms with van der Waals surface area (Å²) in [5, 5.41) is 13.1. The van der Waals surface area contributed by atoms with Crippen molar-refractivity contribution in [3.8, 4) is 0 Å². The van der Waals surface area contributed by atoms with E-state index in [2.05, 4.69) is 10.3 Å². The first-order valence-electron chi connectivity index (χ1n) is 7.49. The zero-order valence-corrected chi connectivity index (χ0v) is 13.6. The van der Waals surface area contributed by atoms with Gasteiger partial charge in [-0.1, -0.05) is 18.2 Å². The Kier molecular flexibility index (Phi) is 5.05. The van der Waals surface area contributed by atoms with E-state index in [1.165, 1.54) is 0 Å². The number of hydrogen-bond acceptors (Lipinski definition) is 4. The maximum Gasteiger partial charge on any atom is 0.321 e. The second-order valence-electron chi connectivity index (χ2n) is 6.42. The molecule has 2 aromatic rings. The summed E-state index contributed by atoms with van der Waals surface area (Å²) in [6, 6.07) is 6.83. The predicted molar refractivity (Wildman–Crippen MR) is 87.3 cm³/mol. The summed E-state index contributed by atoms with van der Waals surface area (Å²) < 4.78 is 5.17. The molecule has 1 atom stereocenters. The zero-order valence-electron chi connectivity index (χ0n) is 13.6. The van der Waals surface area contributed by atoms with E-state index in [1.54, 1.807) is 27.0 Å². The Labute approximate surface area is 134 Å². The van der Waals surface area contributed by atoms with Crippen LogP contribution in [0.15, 0.2) is 30.5 Å². The quantitative estimate of drug-likeness (QED) is 0.709. The second-order valence-corrected chi connectivity index (χ2v) is 6.42. The van der Waals surface area contributed by atoms with Gasteiger partial charge in [0.25, 0.3) is 0 Å². The summed E-state index contributed by atoms with van der Waals surface area (Å²) in [4.78, 5) is 26.3. The van der Waals surface area contributed by atoms with Crippen LogP contribution >= 0.6 is 0 Å². The molecule has 0 amide bonds. The van der Waals surface area contributed by atoms with Crippen LogP contribution in [-0.2, 0) is 20.7 Å². The topological polar surface area (TPSA) is 91.4 Å². The molecule has 1 aromatic carbocycles. The molecule has 0 spiro atoms. The summed E-state index contributed by atoms with van der Waals surface area (Å²) >= 11 is 0. The van der Waals surface area contributed by atoms with Gasteiger partial charge in [-0.2, -0.15) is 0 Å². The van der Waals surface area contributed by atoms with Crippen LogP contribution in [0.4, 0.5) is 0 Å². The number of rotatable bonds is 6. The van der Waals surface area contributed by atoms with Gasteiger partial charge >= 0.3 is 11.9 Å². The number of aromatic nitrogens is 1. The van der Waals surface area contributed by atoms with Gasteiger partial charge in [0, 0.05) is 23.5 Å². The Morgan fingerprint density at radius 2 is 2.00 bits per heavy atom. The van der Waals surface area contributed by atoms with Crippen molar-refractivity contribution in [3.63, 3.8) is 0 Å². The van der Waals surface area contributed by atoms with Gasteiger partial charge in [0.15, 0.2) is 0 Å². The lowest BCUT2D eigenvalue weighted by Gasteiger charge is -2.20. The van der Waals surface area contributed by atoms with Crippen LogP contribution in [0, 0.1) is 0 Å². The number of esters is 1. The van der Waals surface area contributed by atoms with Gasteiger partial charge in [-0.05, 0) is 32.4 Å². The molecule has 0 bridgehead atoms. The first-order chi connectivity index (χ1) is 10.8. The molecule has 0 aliphatic rings.